The Bertz CT molecular complexity index is 1130. The normalized spacial score (nSPS) is 13.8. The number of carbonyl (C=O) groups excluding carboxylic acids is 2. The summed E-state index contributed by atoms with van der Waals surface area (Å²) in [5.41, 5.74) is 3.85. The number of aryl methyl sites for hydroxylation is 1. The van der Waals surface area contributed by atoms with Crippen LogP contribution in [0.3, 0.4) is 0 Å². The molecule has 3 aromatic carbocycles. The van der Waals surface area contributed by atoms with Gasteiger partial charge in [0.2, 0.25) is 0 Å². The standard InChI is InChI=1S/C29H30O4/c1-19(2)24-18-20(3)26(32-28(30)22-14-6-4-7-15-22)27(25(24)21-12-10-11-13-21)33-29(31)23-16-8-5-9-17-23/h4-9,14-19,21H,10-13H2,1-3H3. The van der Waals surface area contributed by atoms with Crippen molar-refractivity contribution in [3.8, 4) is 11.5 Å². The van der Waals surface area contributed by atoms with E-state index in [1.165, 1.54) is 0 Å². The smallest absolute Gasteiger partial charge is 0.343 e. The molecule has 1 fully saturated rings. The van der Waals surface area contributed by atoms with Crippen molar-refractivity contribution >= 4 is 11.9 Å². The van der Waals surface area contributed by atoms with Crippen molar-refractivity contribution in [3.05, 3.63) is 94.5 Å². The van der Waals surface area contributed by atoms with Crippen molar-refractivity contribution in [1.29, 1.82) is 0 Å². The van der Waals surface area contributed by atoms with Crippen molar-refractivity contribution in [2.24, 2.45) is 0 Å². The molecule has 1 aliphatic carbocycles. The molecular formula is C29H30O4. The maximum Gasteiger partial charge on any atom is 0.343 e. The lowest BCUT2D eigenvalue weighted by Gasteiger charge is -2.25. The van der Waals surface area contributed by atoms with Crippen molar-refractivity contribution in [1.82, 2.24) is 0 Å². The third-order valence-electron chi connectivity index (χ3n) is 6.29. The minimum Gasteiger partial charge on any atom is -0.419 e. The summed E-state index contributed by atoms with van der Waals surface area (Å²) in [7, 11) is 0. The number of esters is 2. The topological polar surface area (TPSA) is 52.6 Å². The summed E-state index contributed by atoms with van der Waals surface area (Å²) in [6.45, 7) is 6.19. The second-order valence-electron chi connectivity index (χ2n) is 9.00. The van der Waals surface area contributed by atoms with E-state index in [9.17, 15) is 9.59 Å². The van der Waals surface area contributed by atoms with Crippen LogP contribution in [0.1, 0.15) is 88.8 Å². The fraction of sp³-hybridized carbons (Fsp3) is 0.310. The molecule has 1 saturated carbocycles. The summed E-state index contributed by atoms with van der Waals surface area (Å²) in [6, 6.07) is 19.9. The van der Waals surface area contributed by atoms with Gasteiger partial charge in [0.25, 0.3) is 0 Å². The molecule has 0 spiro atoms. The Morgan fingerprint density at radius 2 is 1.27 bits per heavy atom. The van der Waals surface area contributed by atoms with E-state index in [1.54, 1.807) is 48.5 Å². The highest BCUT2D eigenvalue weighted by Crippen LogP contribution is 2.48. The summed E-state index contributed by atoms with van der Waals surface area (Å²) >= 11 is 0. The van der Waals surface area contributed by atoms with Crippen LogP contribution in [0.4, 0.5) is 0 Å². The van der Waals surface area contributed by atoms with Gasteiger partial charge in [-0.2, -0.15) is 0 Å². The van der Waals surface area contributed by atoms with Gasteiger partial charge in [-0.3, -0.25) is 0 Å². The predicted octanol–water partition coefficient (Wildman–Crippen LogP) is 7.21. The van der Waals surface area contributed by atoms with Crippen molar-refractivity contribution in [3.63, 3.8) is 0 Å². The quantitative estimate of drug-likeness (QED) is 0.299. The lowest BCUT2D eigenvalue weighted by atomic mass is 9.85. The molecule has 0 heterocycles. The Kier molecular flexibility index (Phi) is 6.93. The number of carbonyl (C=O) groups is 2. The average molecular weight is 443 g/mol. The first-order chi connectivity index (χ1) is 16.0. The van der Waals surface area contributed by atoms with E-state index in [0.717, 1.165) is 42.4 Å². The van der Waals surface area contributed by atoms with Gasteiger partial charge in [-0.05, 0) is 67.0 Å². The van der Waals surface area contributed by atoms with Crippen LogP contribution < -0.4 is 9.47 Å². The second kappa shape index (κ2) is 10.0. The molecule has 0 N–H and O–H groups in total. The molecule has 4 rings (SSSR count). The number of ether oxygens (including phenoxy) is 2. The third-order valence-corrected chi connectivity index (χ3v) is 6.29. The lowest BCUT2D eigenvalue weighted by molar-refractivity contribution is 0.0679. The number of hydrogen-bond donors (Lipinski definition) is 0. The van der Waals surface area contributed by atoms with E-state index in [4.69, 9.17) is 9.47 Å². The number of benzene rings is 3. The third kappa shape index (κ3) is 5.00. The van der Waals surface area contributed by atoms with E-state index >= 15 is 0 Å². The first kappa shape index (κ1) is 22.8. The van der Waals surface area contributed by atoms with Crippen LogP contribution in [-0.2, 0) is 0 Å². The van der Waals surface area contributed by atoms with Gasteiger partial charge >= 0.3 is 11.9 Å². The number of hydrogen-bond acceptors (Lipinski definition) is 4. The minimum atomic E-state index is -0.467. The molecule has 0 atom stereocenters. The Morgan fingerprint density at radius 1 is 0.788 bits per heavy atom. The zero-order valence-electron chi connectivity index (χ0n) is 19.5. The largest absolute Gasteiger partial charge is 0.419 e. The Hall–Kier alpha value is -3.40. The van der Waals surface area contributed by atoms with Crippen LogP contribution in [0.25, 0.3) is 0 Å². The molecule has 0 aliphatic heterocycles. The number of rotatable bonds is 6. The molecular weight excluding hydrogens is 412 g/mol. The van der Waals surface area contributed by atoms with Gasteiger partial charge < -0.3 is 9.47 Å². The van der Waals surface area contributed by atoms with Gasteiger partial charge in [0, 0.05) is 5.56 Å². The maximum atomic E-state index is 13.1. The summed E-state index contributed by atoms with van der Waals surface area (Å²) in [6.07, 6.45) is 4.35. The summed E-state index contributed by atoms with van der Waals surface area (Å²) in [5, 5.41) is 0. The summed E-state index contributed by atoms with van der Waals surface area (Å²) in [4.78, 5) is 26.1. The van der Waals surface area contributed by atoms with Gasteiger partial charge in [-0.1, -0.05) is 69.2 Å². The molecule has 1 aliphatic rings. The summed E-state index contributed by atoms with van der Waals surface area (Å²) in [5.74, 6) is 0.323. The lowest BCUT2D eigenvalue weighted by Crippen LogP contribution is -2.17. The van der Waals surface area contributed by atoms with Gasteiger partial charge in [0.15, 0.2) is 11.5 Å². The van der Waals surface area contributed by atoms with Crippen LogP contribution in [0, 0.1) is 6.92 Å². The molecule has 0 amide bonds. The molecule has 0 unspecified atom stereocenters. The molecule has 3 aromatic rings. The molecule has 0 saturated heterocycles. The van der Waals surface area contributed by atoms with Gasteiger partial charge in [0.1, 0.15) is 0 Å². The van der Waals surface area contributed by atoms with Gasteiger partial charge in [-0.25, -0.2) is 9.59 Å². The SMILES string of the molecule is Cc1cc(C(C)C)c(C2CCCC2)c(OC(=O)c2ccccc2)c1OC(=O)c1ccccc1. The Morgan fingerprint density at radius 3 is 1.76 bits per heavy atom. The highest BCUT2D eigenvalue weighted by Gasteiger charge is 2.31. The monoisotopic (exact) mass is 442 g/mol. The van der Waals surface area contributed by atoms with Crippen LogP contribution in [-0.4, -0.2) is 11.9 Å². The van der Waals surface area contributed by atoms with Crippen LogP contribution in [0.2, 0.25) is 0 Å². The van der Waals surface area contributed by atoms with Crippen molar-refractivity contribution in [2.45, 2.75) is 58.3 Å². The fourth-order valence-corrected chi connectivity index (χ4v) is 4.60. The van der Waals surface area contributed by atoms with E-state index in [1.807, 2.05) is 19.1 Å². The Labute approximate surface area is 195 Å². The van der Waals surface area contributed by atoms with Gasteiger partial charge in [0.05, 0.1) is 11.1 Å². The zero-order chi connectivity index (χ0) is 23.4. The highest BCUT2D eigenvalue weighted by molar-refractivity contribution is 5.93. The molecule has 0 aromatic heterocycles. The van der Waals surface area contributed by atoms with Gasteiger partial charge in [-0.15, -0.1) is 0 Å². The highest BCUT2D eigenvalue weighted by atomic mass is 16.6. The maximum absolute atomic E-state index is 13.1. The zero-order valence-corrected chi connectivity index (χ0v) is 19.5. The molecule has 4 nitrogen and oxygen atoms in total. The van der Waals surface area contributed by atoms with E-state index in [2.05, 4.69) is 19.9 Å². The van der Waals surface area contributed by atoms with Crippen molar-refractivity contribution < 1.29 is 19.1 Å². The Balaban J connectivity index is 1.84. The predicted molar refractivity (Wildman–Crippen MR) is 129 cm³/mol. The van der Waals surface area contributed by atoms with E-state index < -0.39 is 11.9 Å². The van der Waals surface area contributed by atoms with E-state index in [0.29, 0.717) is 22.6 Å². The molecule has 170 valence electrons. The molecule has 0 radical (unpaired) electrons. The first-order valence-electron chi connectivity index (χ1n) is 11.7. The second-order valence-corrected chi connectivity index (χ2v) is 9.00. The van der Waals surface area contributed by atoms with Crippen LogP contribution >= 0.6 is 0 Å². The van der Waals surface area contributed by atoms with Crippen molar-refractivity contribution in [2.75, 3.05) is 0 Å². The molecule has 0 bridgehead atoms. The summed E-state index contributed by atoms with van der Waals surface area (Å²) < 4.78 is 12.0. The average Bonchev–Trinajstić information content (AvgIpc) is 3.36. The van der Waals surface area contributed by atoms with Crippen LogP contribution in [0.5, 0.6) is 11.5 Å². The molecule has 4 heteroatoms. The first-order valence-corrected chi connectivity index (χ1v) is 11.7. The molecule has 33 heavy (non-hydrogen) atoms. The minimum absolute atomic E-state index is 0.243. The van der Waals surface area contributed by atoms with E-state index in [-0.39, 0.29) is 11.8 Å². The fourth-order valence-electron chi connectivity index (χ4n) is 4.60. The van der Waals surface area contributed by atoms with Crippen LogP contribution in [0.15, 0.2) is 66.7 Å².